The van der Waals surface area contributed by atoms with E-state index >= 15 is 0 Å². The van der Waals surface area contributed by atoms with E-state index in [-0.39, 0.29) is 17.1 Å². The monoisotopic (exact) mass is 256 g/mol. The van der Waals surface area contributed by atoms with Gasteiger partial charge in [0.15, 0.2) is 6.10 Å². The van der Waals surface area contributed by atoms with Crippen molar-refractivity contribution in [1.29, 1.82) is 0 Å². The highest BCUT2D eigenvalue weighted by molar-refractivity contribution is 5.77. The maximum atomic E-state index is 10.9. The molecule has 0 saturated heterocycles. The molecule has 0 amide bonds. The fourth-order valence-electron chi connectivity index (χ4n) is 1.64. The predicted molar refractivity (Wildman–Crippen MR) is 62.9 cm³/mol. The number of ether oxygens (including phenoxy) is 3. The number of benzene rings is 1. The molecule has 0 heterocycles. The molecule has 0 spiro atoms. The third-order valence-corrected chi connectivity index (χ3v) is 2.42. The molecule has 0 aliphatic carbocycles. The van der Waals surface area contributed by atoms with Gasteiger partial charge in [0.25, 0.3) is 0 Å². The van der Waals surface area contributed by atoms with Gasteiger partial charge in [-0.05, 0) is 17.7 Å². The van der Waals surface area contributed by atoms with Crippen LogP contribution in [0.3, 0.4) is 0 Å². The number of rotatable bonds is 6. The average molecular weight is 256 g/mol. The van der Waals surface area contributed by atoms with Crippen molar-refractivity contribution >= 4 is 5.97 Å². The molecule has 1 unspecified atom stereocenters. The van der Waals surface area contributed by atoms with Crippen LogP contribution in [0.5, 0.6) is 11.5 Å². The second-order valence-corrected chi connectivity index (χ2v) is 3.59. The highest BCUT2D eigenvalue weighted by Gasteiger charge is 2.25. The van der Waals surface area contributed by atoms with Crippen molar-refractivity contribution in [2.75, 3.05) is 21.3 Å². The Kier molecular flexibility index (Phi) is 4.94. The summed E-state index contributed by atoms with van der Waals surface area (Å²) < 4.78 is 15.2. The molecule has 0 radical (unpaired) electrons. The zero-order chi connectivity index (χ0) is 13.7. The lowest BCUT2D eigenvalue weighted by atomic mass is 10.0. The Morgan fingerprint density at radius 1 is 1.22 bits per heavy atom. The topological polar surface area (TPSA) is 85.2 Å². The summed E-state index contributed by atoms with van der Waals surface area (Å²) in [7, 11) is 4.33. The zero-order valence-electron chi connectivity index (χ0n) is 10.5. The van der Waals surface area contributed by atoms with Crippen LogP contribution in [0.4, 0.5) is 0 Å². The smallest absolute Gasteiger partial charge is 0.337 e. The van der Waals surface area contributed by atoms with Crippen LogP contribution < -0.4 is 9.47 Å². The minimum Gasteiger partial charge on any atom is -0.496 e. The number of aliphatic carboxylic acids is 1. The molecule has 1 aromatic carbocycles. The normalized spacial score (nSPS) is 12.0. The van der Waals surface area contributed by atoms with Gasteiger partial charge in [0.1, 0.15) is 11.5 Å². The van der Waals surface area contributed by atoms with E-state index in [1.807, 2.05) is 0 Å². The van der Waals surface area contributed by atoms with E-state index in [0.29, 0.717) is 6.61 Å². The predicted octanol–water partition coefficient (Wildman–Crippen LogP) is 0.968. The molecule has 0 aliphatic rings. The molecule has 2 N–H and O–H groups in total. The summed E-state index contributed by atoms with van der Waals surface area (Å²) in [6, 6.07) is 3.21. The van der Waals surface area contributed by atoms with Crippen LogP contribution in [0, 0.1) is 0 Å². The van der Waals surface area contributed by atoms with Crippen LogP contribution in [-0.2, 0) is 16.1 Å². The van der Waals surface area contributed by atoms with E-state index < -0.39 is 12.1 Å². The number of hydrogen-bond acceptors (Lipinski definition) is 5. The number of carboxylic acid groups (broad SMARTS) is 1. The second kappa shape index (κ2) is 6.23. The second-order valence-electron chi connectivity index (χ2n) is 3.59. The molecule has 1 atom stereocenters. The first kappa shape index (κ1) is 14.3. The first-order chi connectivity index (χ1) is 8.54. The van der Waals surface area contributed by atoms with Crippen molar-refractivity contribution in [1.82, 2.24) is 0 Å². The van der Waals surface area contributed by atoms with Crippen LogP contribution in [-0.4, -0.2) is 37.5 Å². The van der Waals surface area contributed by atoms with E-state index in [2.05, 4.69) is 0 Å². The van der Waals surface area contributed by atoms with Crippen LogP contribution in [0.25, 0.3) is 0 Å². The van der Waals surface area contributed by atoms with Gasteiger partial charge in [-0.15, -0.1) is 0 Å². The first-order valence-corrected chi connectivity index (χ1v) is 5.19. The highest BCUT2D eigenvalue weighted by Crippen LogP contribution is 2.36. The standard InChI is InChI=1S/C12H16O6/c1-16-6-7-4-8(17-2)10(9(5-7)18-3)11(13)12(14)15/h4-5,11,13H,6H2,1-3H3,(H,14,15). The van der Waals surface area contributed by atoms with Crippen molar-refractivity contribution in [2.45, 2.75) is 12.7 Å². The van der Waals surface area contributed by atoms with Crippen LogP contribution >= 0.6 is 0 Å². The van der Waals surface area contributed by atoms with Gasteiger partial charge < -0.3 is 24.4 Å². The van der Waals surface area contributed by atoms with E-state index in [0.717, 1.165) is 5.56 Å². The van der Waals surface area contributed by atoms with Gasteiger partial charge in [0.2, 0.25) is 0 Å². The Bertz CT molecular complexity index is 404. The lowest BCUT2D eigenvalue weighted by Gasteiger charge is -2.17. The summed E-state index contributed by atoms with van der Waals surface area (Å²) in [5.74, 6) is -0.876. The van der Waals surface area contributed by atoms with E-state index in [9.17, 15) is 9.90 Å². The maximum Gasteiger partial charge on any atom is 0.337 e. The number of carboxylic acids is 1. The minimum absolute atomic E-state index is 0.0901. The summed E-state index contributed by atoms with van der Waals surface area (Å²) in [6.45, 7) is 0.330. The highest BCUT2D eigenvalue weighted by atomic mass is 16.5. The number of aliphatic hydroxyl groups is 1. The lowest BCUT2D eigenvalue weighted by Crippen LogP contribution is -2.13. The molecule has 0 fully saturated rings. The van der Waals surface area contributed by atoms with Gasteiger partial charge in [0, 0.05) is 7.11 Å². The molecule has 1 rings (SSSR count). The van der Waals surface area contributed by atoms with Crippen molar-refractivity contribution in [3.8, 4) is 11.5 Å². The number of hydrogen-bond donors (Lipinski definition) is 2. The molecular weight excluding hydrogens is 240 g/mol. The molecular formula is C12H16O6. The first-order valence-electron chi connectivity index (χ1n) is 5.19. The van der Waals surface area contributed by atoms with Crippen molar-refractivity contribution in [2.24, 2.45) is 0 Å². The molecule has 0 aromatic heterocycles. The van der Waals surface area contributed by atoms with Gasteiger partial charge in [-0.25, -0.2) is 4.79 Å². The minimum atomic E-state index is -1.70. The third-order valence-electron chi connectivity index (χ3n) is 2.42. The van der Waals surface area contributed by atoms with E-state index in [1.54, 1.807) is 19.2 Å². The third kappa shape index (κ3) is 2.91. The van der Waals surface area contributed by atoms with Crippen LogP contribution in [0.1, 0.15) is 17.2 Å². The SMILES string of the molecule is COCc1cc(OC)c(C(O)C(=O)O)c(OC)c1. The summed E-state index contributed by atoms with van der Waals surface area (Å²) in [5, 5.41) is 18.5. The summed E-state index contributed by atoms with van der Waals surface area (Å²) in [5.41, 5.74) is 0.847. The Labute approximate surface area is 105 Å². The maximum absolute atomic E-state index is 10.9. The summed E-state index contributed by atoms with van der Waals surface area (Å²) in [4.78, 5) is 10.9. The van der Waals surface area contributed by atoms with Gasteiger partial charge in [-0.2, -0.15) is 0 Å². The quantitative estimate of drug-likeness (QED) is 0.788. The molecule has 18 heavy (non-hydrogen) atoms. The summed E-state index contributed by atoms with van der Waals surface area (Å²) >= 11 is 0. The molecule has 0 aliphatic heterocycles. The van der Waals surface area contributed by atoms with Gasteiger partial charge in [0.05, 0.1) is 26.4 Å². The number of carbonyl (C=O) groups is 1. The molecule has 6 nitrogen and oxygen atoms in total. The average Bonchev–Trinajstić information content (AvgIpc) is 2.36. The van der Waals surface area contributed by atoms with Crippen molar-refractivity contribution in [3.05, 3.63) is 23.3 Å². The largest absolute Gasteiger partial charge is 0.496 e. The van der Waals surface area contributed by atoms with Crippen molar-refractivity contribution < 1.29 is 29.2 Å². The Morgan fingerprint density at radius 2 is 1.72 bits per heavy atom. The van der Waals surface area contributed by atoms with Gasteiger partial charge in [-0.1, -0.05) is 0 Å². The molecule has 6 heteroatoms. The fourth-order valence-corrected chi connectivity index (χ4v) is 1.64. The fraction of sp³-hybridized carbons (Fsp3) is 0.417. The zero-order valence-corrected chi connectivity index (χ0v) is 10.5. The van der Waals surface area contributed by atoms with E-state index in [1.165, 1.54) is 14.2 Å². The Hall–Kier alpha value is -1.79. The molecule has 1 aromatic rings. The number of methoxy groups -OCH3 is 3. The molecule has 100 valence electrons. The van der Waals surface area contributed by atoms with Gasteiger partial charge >= 0.3 is 5.97 Å². The Balaban J connectivity index is 3.34. The Morgan fingerprint density at radius 3 is 2.06 bits per heavy atom. The van der Waals surface area contributed by atoms with Crippen molar-refractivity contribution in [3.63, 3.8) is 0 Å². The molecule has 0 saturated carbocycles. The van der Waals surface area contributed by atoms with E-state index in [4.69, 9.17) is 19.3 Å². The lowest BCUT2D eigenvalue weighted by molar-refractivity contribution is -0.147. The van der Waals surface area contributed by atoms with Crippen LogP contribution in [0.2, 0.25) is 0 Å². The summed E-state index contributed by atoms with van der Waals surface area (Å²) in [6.07, 6.45) is -1.70. The van der Waals surface area contributed by atoms with Gasteiger partial charge in [-0.3, -0.25) is 0 Å². The number of aliphatic hydroxyl groups excluding tert-OH is 1. The molecule has 0 bridgehead atoms. The van der Waals surface area contributed by atoms with Crippen LogP contribution in [0.15, 0.2) is 12.1 Å².